The molecule has 0 aliphatic heterocycles. The molecule has 2 aromatic rings. The third kappa shape index (κ3) is 3.59. The van der Waals surface area contributed by atoms with Crippen molar-refractivity contribution in [3.63, 3.8) is 0 Å². The number of carbonyl (C=O) groups excluding carboxylic acids is 1. The number of hydrogen-bond donors (Lipinski definition) is 2. The molecular formula is C15H21N5O. The largest absolute Gasteiger partial charge is 0.384 e. The Kier molecular flexibility index (Phi) is 4.57. The summed E-state index contributed by atoms with van der Waals surface area (Å²) in [6.07, 6.45) is 3.54. The zero-order valence-electron chi connectivity index (χ0n) is 12.7. The number of hydrogen-bond acceptors (Lipinski definition) is 4. The summed E-state index contributed by atoms with van der Waals surface area (Å²) in [6, 6.07) is 3.40. The lowest BCUT2D eigenvalue weighted by Gasteiger charge is -2.07. The van der Waals surface area contributed by atoms with Gasteiger partial charge in [0.05, 0.1) is 6.20 Å². The number of nitrogens with two attached hydrogens (primary N) is 1. The van der Waals surface area contributed by atoms with Crippen LogP contribution in [0.25, 0.3) is 0 Å². The van der Waals surface area contributed by atoms with E-state index in [2.05, 4.69) is 22.3 Å². The summed E-state index contributed by atoms with van der Waals surface area (Å²) in [4.78, 5) is 16.4. The predicted octanol–water partition coefficient (Wildman–Crippen LogP) is 1.59. The van der Waals surface area contributed by atoms with E-state index in [1.807, 2.05) is 14.0 Å². The van der Waals surface area contributed by atoms with E-state index in [1.165, 1.54) is 0 Å². The molecule has 2 heterocycles. The maximum atomic E-state index is 12.2. The van der Waals surface area contributed by atoms with E-state index in [-0.39, 0.29) is 5.91 Å². The standard InChI is InChI=1S/C15H21N5O/c1-4-5-13-6-11(7-14(16)19-13)15(21)17-8-12-9-18-20(3)10(12)2/h6-7,9H,4-5,8H2,1-3H3,(H2,16,19)(H,17,21). The Hall–Kier alpha value is -2.37. The first-order valence-corrected chi connectivity index (χ1v) is 7.03. The molecule has 0 fully saturated rings. The Morgan fingerprint density at radius 2 is 2.19 bits per heavy atom. The fourth-order valence-electron chi connectivity index (χ4n) is 2.12. The molecule has 0 saturated carbocycles. The van der Waals surface area contributed by atoms with Crippen molar-refractivity contribution in [3.8, 4) is 0 Å². The van der Waals surface area contributed by atoms with Crippen LogP contribution in [0, 0.1) is 6.92 Å². The molecule has 6 nitrogen and oxygen atoms in total. The van der Waals surface area contributed by atoms with Crippen molar-refractivity contribution in [1.29, 1.82) is 0 Å². The van der Waals surface area contributed by atoms with Crippen LogP contribution in [0.15, 0.2) is 18.3 Å². The van der Waals surface area contributed by atoms with Crippen molar-refractivity contribution >= 4 is 11.7 Å². The minimum absolute atomic E-state index is 0.148. The van der Waals surface area contributed by atoms with Gasteiger partial charge in [-0.3, -0.25) is 9.48 Å². The molecule has 112 valence electrons. The molecule has 0 radical (unpaired) electrons. The monoisotopic (exact) mass is 287 g/mol. The van der Waals surface area contributed by atoms with Crippen molar-refractivity contribution in [1.82, 2.24) is 20.1 Å². The van der Waals surface area contributed by atoms with Crippen LogP contribution < -0.4 is 11.1 Å². The van der Waals surface area contributed by atoms with E-state index in [1.54, 1.807) is 23.0 Å². The molecule has 21 heavy (non-hydrogen) atoms. The summed E-state index contributed by atoms with van der Waals surface area (Å²) in [6.45, 7) is 4.48. The fourth-order valence-corrected chi connectivity index (χ4v) is 2.12. The van der Waals surface area contributed by atoms with Gasteiger partial charge in [0.15, 0.2) is 0 Å². The maximum Gasteiger partial charge on any atom is 0.251 e. The molecule has 0 aliphatic carbocycles. The van der Waals surface area contributed by atoms with Crippen LogP contribution in [0.5, 0.6) is 0 Å². The number of aryl methyl sites for hydroxylation is 2. The van der Waals surface area contributed by atoms with E-state index in [4.69, 9.17) is 5.73 Å². The number of anilines is 1. The molecule has 0 aromatic carbocycles. The van der Waals surface area contributed by atoms with Gasteiger partial charge in [-0.1, -0.05) is 13.3 Å². The summed E-state index contributed by atoms with van der Waals surface area (Å²) in [7, 11) is 1.88. The molecule has 2 aromatic heterocycles. The zero-order chi connectivity index (χ0) is 15.4. The first kappa shape index (κ1) is 15.0. The first-order chi connectivity index (χ1) is 10.0. The first-order valence-electron chi connectivity index (χ1n) is 7.03. The molecular weight excluding hydrogens is 266 g/mol. The van der Waals surface area contributed by atoms with E-state index < -0.39 is 0 Å². The predicted molar refractivity (Wildman–Crippen MR) is 81.8 cm³/mol. The van der Waals surface area contributed by atoms with Crippen LogP contribution in [-0.2, 0) is 20.0 Å². The van der Waals surface area contributed by atoms with Gasteiger partial charge >= 0.3 is 0 Å². The second-order valence-corrected chi connectivity index (χ2v) is 5.08. The van der Waals surface area contributed by atoms with Crippen molar-refractivity contribution in [2.75, 3.05) is 5.73 Å². The molecule has 6 heteroatoms. The van der Waals surface area contributed by atoms with Gasteiger partial charge in [0, 0.05) is 36.1 Å². The smallest absolute Gasteiger partial charge is 0.251 e. The minimum Gasteiger partial charge on any atom is -0.384 e. The van der Waals surface area contributed by atoms with E-state index in [0.717, 1.165) is 29.8 Å². The SMILES string of the molecule is CCCc1cc(C(=O)NCc2cnn(C)c2C)cc(N)n1. The Labute approximate surface area is 124 Å². The van der Waals surface area contributed by atoms with Gasteiger partial charge in [-0.05, 0) is 25.5 Å². The highest BCUT2D eigenvalue weighted by molar-refractivity contribution is 5.94. The average molecular weight is 287 g/mol. The van der Waals surface area contributed by atoms with Gasteiger partial charge in [0.25, 0.3) is 5.91 Å². The lowest BCUT2D eigenvalue weighted by molar-refractivity contribution is 0.0950. The average Bonchev–Trinajstić information content (AvgIpc) is 2.76. The topological polar surface area (TPSA) is 85.8 Å². The van der Waals surface area contributed by atoms with E-state index in [0.29, 0.717) is 17.9 Å². The lowest BCUT2D eigenvalue weighted by Crippen LogP contribution is -2.23. The summed E-state index contributed by atoms with van der Waals surface area (Å²) in [5.74, 6) is 0.230. The molecule has 3 N–H and O–H groups in total. The van der Waals surface area contributed by atoms with Crippen LogP contribution in [0.4, 0.5) is 5.82 Å². The molecule has 2 rings (SSSR count). The van der Waals surface area contributed by atoms with E-state index in [9.17, 15) is 4.79 Å². The summed E-state index contributed by atoms with van der Waals surface area (Å²) < 4.78 is 1.78. The second-order valence-electron chi connectivity index (χ2n) is 5.08. The number of amides is 1. The number of nitrogens with zero attached hydrogens (tertiary/aromatic N) is 3. The number of nitrogen functional groups attached to an aromatic ring is 1. The summed E-state index contributed by atoms with van der Waals surface area (Å²) in [5, 5.41) is 7.05. The van der Waals surface area contributed by atoms with Crippen LogP contribution in [0.2, 0.25) is 0 Å². The Morgan fingerprint density at radius 3 is 2.81 bits per heavy atom. The number of pyridine rings is 1. The number of nitrogens with one attached hydrogen (secondary N) is 1. The van der Waals surface area contributed by atoms with Crippen molar-refractivity contribution < 1.29 is 4.79 Å². The Balaban J connectivity index is 2.08. The maximum absolute atomic E-state index is 12.2. The van der Waals surface area contributed by atoms with Gasteiger partial charge in [-0.2, -0.15) is 5.10 Å². The molecule has 0 spiro atoms. The highest BCUT2D eigenvalue weighted by Crippen LogP contribution is 2.11. The molecule has 0 saturated heterocycles. The lowest BCUT2D eigenvalue weighted by atomic mass is 10.1. The molecule has 0 atom stereocenters. The molecule has 0 aliphatic rings. The number of rotatable bonds is 5. The normalized spacial score (nSPS) is 10.6. The van der Waals surface area contributed by atoms with Crippen LogP contribution in [0.3, 0.4) is 0 Å². The number of carbonyl (C=O) groups is 1. The summed E-state index contributed by atoms with van der Waals surface area (Å²) >= 11 is 0. The highest BCUT2D eigenvalue weighted by Gasteiger charge is 2.10. The summed E-state index contributed by atoms with van der Waals surface area (Å²) in [5.41, 5.74) is 9.19. The Morgan fingerprint density at radius 1 is 1.43 bits per heavy atom. The molecule has 0 unspecified atom stereocenters. The third-order valence-corrected chi connectivity index (χ3v) is 3.44. The van der Waals surface area contributed by atoms with Gasteiger partial charge in [-0.15, -0.1) is 0 Å². The fraction of sp³-hybridized carbons (Fsp3) is 0.400. The van der Waals surface area contributed by atoms with E-state index >= 15 is 0 Å². The minimum atomic E-state index is -0.148. The zero-order valence-corrected chi connectivity index (χ0v) is 12.7. The third-order valence-electron chi connectivity index (χ3n) is 3.44. The highest BCUT2D eigenvalue weighted by atomic mass is 16.1. The van der Waals surface area contributed by atoms with Crippen molar-refractivity contribution in [3.05, 3.63) is 40.8 Å². The van der Waals surface area contributed by atoms with Crippen LogP contribution in [0.1, 0.15) is 40.7 Å². The van der Waals surface area contributed by atoms with Crippen molar-refractivity contribution in [2.24, 2.45) is 7.05 Å². The molecule has 0 bridgehead atoms. The Bertz CT molecular complexity index is 648. The van der Waals surface area contributed by atoms with Gasteiger partial charge < -0.3 is 11.1 Å². The number of aromatic nitrogens is 3. The second kappa shape index (κ2) is 6.39. The van der Waals surface area contributed by atoms with Crippen LogP contribution in [-0.4, -0.2) is 20.7 Å². The van der Waals surface area contributed by atoms with Crippen molar-refractivity contribution in [2.45, 2.75) is 33.2 Å². The van der Waals surface area contributed by atoms with Gasteiger partial charge in [-0.25, -0.2) is 4.98 Å². The quantitative estimate of drug-likeness (QED) is 0.874. The van der Waals surface area contributed by atoms with Gasteiger partial charge in [0.2, 0.25) is 0 Å². The molecule has 1 amide bonds. The van der Waals surface area contributed by atoms with Crippen LogP contribution >= 0.6 is 0 Å². The van der Waals surface area contributed by atoms with Gasteiger partial charge in [0.1, 0.15) is 5.82 Å².